The first-order valence-electron chi connectivity index (χ1n) is 10.6. The van der Waals surface area contributed by atoms with E-state index in [2.05, 4.69) is 11.4 Å². The van der Waals surface area contributed by atoms with Crippen LogP contribution in [0.15, 0.2) is 84.0 Å². The fourth-order valence-corrected chi connectivity index (χ4v) is 4.24. The third kappa shape index (κ3) is 3.23. The van der Waals surface area contributed by atoms with E-state index in [1.165, 1.54) is 12.1 Å². The first kappa shape index (κ1) is 19.2. The quantitative estimate of drug-likeness (QED) is 0.431. The molecule has 0 radical (unpaired) electrons. The molecule has 3 N–H and O–H groups in total. The van der Waals surface area contributed by atoms with Crippen LogP contribution >= 0.6 is 0 Å². The van der Waals surface area contributed by atoms with Crippen molar-refractivity contribution in [1.29, 1.82) is 0 Å². The summed E-state index contributed by atoms with van der Waals surface area (Å²) >= 11 is 0. The molecule has 0 unspecified atom stereocenters. The highest BCUT2D eigenvalue weighted by atomic mass is 19.1. The minimum absolute atomic E-state index is 0.285. The zero-order chi connectivity index (χ0) is 22.5. The Kier molecular flexibility index (Phi) is 4.26. The van der Waals surface area contributed by atoms with Crippen molar-refractivity contribution in [2.45, 2.75) is 13.1 Å². The average molecular weight is 437 g/mol. The topological polar surface area (TPSA) is 86.1 Å². The lowest BCUT2D eigenvalue weighted by molar-refractivity contribution is 0.625. The smallest absolute Gasteiger partial charge is 0.212 e. The molecule has 0 saturated heterocycles. The van der Waals surface area contributed by atoms with E-state index < -0.39 is 6.17 Å². The van der Waals surface area contributed by atoms with Gasteiger partial charge in [-0.2, -0.15) is 5.10 Å². The maximum atomic E-state index is 13.5. The number of para-hydroxylation sites is 2. The fourth-order valence-electron chi connectivity index (χ4n) is 4.24. The highest BCUT2D eigenvalue weighted by Gasteiger charge is 2.29. The number of aliphatic imine (C=N–C) groups is 1. The van der Waals surface area contributed by atoms with Crippen LogP contribution in [0.25, 0.3) is 28.0 Å². The van der Waals surface area contributed by atoms with Gasteiger partial charge in [-0.05, 0) is 49.4 Å². The van der Waals surface area contributed by atoms with Gasteiger partial charge in [-0.1, -0.05) is 35.9 Å². The number of imidazole rings is 1. The van der Waals surface area contributed by atoms with Crippen molar-refractivity contribution in [3.63, 3.8) is 0 Å². The molecule has 0 amide bonds. The Morgan fingerprint density at radius 1 is 1.00 bits per heavy atom. The van der Waals surface area contributed by atoms with Gasteiger partial charge in [0.15, 0.2) is 12.1 Å². The molecule has 2 aromatic heterocycles. The van der Waals surface area contributed by atoms with E-state index in [0.29, 0.717) is 5.95 Å². The van der Waals surface area contributed by atoms with Gasteiger partial charge in [0.05, 0.1) is 22.4 Å². The van der Waals surface area contributed by atoms with Crippen LogP contribution in [-0.4, -0.2) is 25.3 Å². The van der Waals surface area contributed by atoms with Crippen molar-refractivity contribution < 1.29 is 4.39 Å². The summed E-state index contributed by atoms with van der Waals surface area (Å²) in [6.45, 7) is 2.04. The van der Waals surface area contributed by atoms with E-state index in [4.69, 9.17) is 20.8 Å². The van der Waals surface area contributed by atoms with Gasteiger partial charge in [-0.25, -0.2) is 19.0 Å². The minimum atomic E-state index is -0.474. The molecule has 7 nitrogen and oxygen atoms in total. The number of nitrogens with zero attached hydrogens (tertiary/aromatic N) is 5. The standard InChI is InChI=1S/C25H20FN7/c1-15-5-4-6-16(13-15)22-19(14-32(31-22)18-11-9-17(26)10-12-18)23-29-24(27)30-25-28-20-7-2-3-8-21(20)33(23)25/h2-14,23H,1H3,(H3,27,28,29,30)/t23-/m0/s1. The Balaban J connectivity index is 1.60. The molecule has 33 heavy (non-hydrogen) atoms. The largest absolute Gasteiger partial charge is 0.370 e. The molecule has 162 valence electrons. The van der Waals surface area contributed by atoms with Crippen molar-refractivity contribution >= 4 is 22.9 Å². The highest BCUT2D eigenvalue weighted by Crippen LogP contribution is 2.37. The first-order valence-corrected chi connectivity index (χ1v) is 10.6. The number of nitrogens with one attached hydrogen (secondary N) is 1. The third-order valence-electron chi connectivity index (χ3n) is 5.75. The summed E-state index contributed by atoms with van der Waals surface area (Å²) in [7, 11) is 0. The van der Waals surface area contributed by atoms with E-state index >= 15 is 0 Å². The SMILES string of the molecule is Cc1cccc(-c2nn(-c3ccc(F)cc3)cc2[C@H]2N=C(N)Nc3nc4ccccc4n32)c1. The molecule has 5 aromatic rings. The molecular weight excluding hydrogens is 417 g/mol. The van der Waals surface area contributed by atoms with E-state index in [0.717, 1.165) is 39.1 Å². The molecular formula is C25H20FN7. The molecule has 6 rings (SSSR count). The number of fused-ring (bicyclic) bond motifs is 3. The zero-order valence-corrected chi connectivity index (χ0v) is 17.8. The van der Waals surface area contributed by atoms with Crippen LogP contribution in [0.1, 0.15) is 17.3 Å². The maximum absolute atomic E-state index is 13.5. The normalized spacial score (nSPS) is 15.2. The lowest BCUT2D eigenvalue weighted by Crippen LogP contribution is -2.31. The summed E-state index contributed by atoms with van der Waals surface area (Å²) < 4.78 is 17.3. The monoisotopic (exact) mass is 437 g/mol. The summed E-state index contributed by atoms with van der Waals surface area (Å²) in [5.41, 5.74) is 12.4. The number of hydrogen-bond donors (Lipinski definition) is 2. The Morgan fingerprint density at radius 3 is 2.64 bits per heavy atom. The molecule has 1 atom stereocenters. The molecule has 3 aromatic carbocycles. The van der Waals surface area contributed by atoms with E-state index in [-0.39, 0.29) is 11.8 Å². The van der Waals surface area contributed by atoms with Gasteiger partial charge in [0.1, 0.15) is 5.82 Å². The van der Waals surface area contributed by atoms with Crippen molar-refractivity contribution in [2.75, 3.05) is 5.32 Å². The zero-order valence-electron chi connectivity index (χ0n) is 17.8. The maximum Gasteiger partial charge on any atom is 0.212 e. The van der Waals surface area contributed by atoms with Gasteiger partial charge >= 0.3 is 0 Å². The van der Waals surface area contributed by atoms with Gasteiger partial charge in [0.2, 0.25) is 5.95 Å². The van der Waals surface area contributed by atoms with Crippen LogP contribution in [-0.2, 0) is 0 Å². The van der Waals surface area contributed by atoms with Crippen molar-refractivity contribution in [1.82, 2.24) is 19.3 Å². The molecule has 0 fully saturated rings. The summed E-state index contributed by atoms with van der Waals surface area (Å²) in [5.74, 6) is 0.612. The first-order chi connectivity index (χ1) is 16.1. The summed E-state index contributed by atoms with van der Waals surface area (Å²) in [5, 5.41) is 7.96. The molecule has 0 spiro atoms. The Labute approximate surface area is 189 Å². The summed E-state index contributed by atoms with van der Waals surface area (Å²) in [6.07, 6.45) is 1.45. The van der Waals surface area contributed by atoms with Crippen LogP contribution < -0.4 is 11.1 Å². The third-order valence-corrected chi connectivity index (χ3v) is 5.75. The van der Waals surface area contributed by atoms with E-state index in [1.807, 2.05) is 60.2 Å². The number of halogens is 1. The van der Waals surface area contributed by atoms with Gasteiger partial charge in [-0.15, -0.1) is 0 Å². The average Bonchev–Trinajstić information content (AvgIpc) is 3.41. The van der Waals surface area contributed by atoms with Crippen LogP contribution in [0.5, 0.6) is 0 Å². The number of anilines is 1. The van der Waals surface area contributed by atoms with Gasteiger partial charge in [-0.3, -0.25) is 9.88 Å². The predicted octanol–water partition coefficient (Wildman–Crippen LogP) is 4.62. The molecule has 0 bridgehead atoms. The summed E-state index contributed by atoms with van der Waals surface area (Å²) in [6, 6.07) is 22.3. The van der Waals surface area contributed by atoms with Gasteiger partial charge in [0.25, 0.3) is 0 Å². The number of benzene rings is 3. The van der Waals surface area contributed by atoms with Crippen molar-refractivity contribution in [3.05, 3.63) is 95.9 Å². The van der Waals surface area contributed by atoms with E-state index in [9.17, 15) is 4.39 Å². The van der Waals surface area contributed by atoms with Crippen molar-refractivity contribution in [2.24, 2.45) is 10.7 Å². The van der Waals surface area contributed by atoms with Gasteiger partial charge < -0.3 is 5.73 Å². The Morgan fingerprint density at radius 2 is 1.82 bits per heavy atom. The number of nitrogens with two attached hydrogens (primary N) is 1. The number of rotatable bonds is 3. The minimum Gasteiger partial charge on any atom is -0.370 e. The van der Waals surface area contributed by atoms with Crippen molar-refractivity contribution in [3.8, 4) is 16.9 Å². The number of aromatic nitrogens is 4. The van der Waals surface area contributed by atoms with E-state index in [1.54, 1.807) is 16.8 Å². The Hall–Kier alpha value is -4.46. The molecule has 1 aliphatic heterocycles. The van der Waals surface area contributed by atoms with Crippen LogP contribution in [0.4, 0.5) is 10.3 Å². The predicted molar refractivity (Wildman–Crippen MR) is 127 cm³/mol. The molecule has 3 heterocycles. The van der Waals surface area contributed by atoms with Crippen LogP contribution in [0.2, 0.25) is 0 Å². The number of hydrogen-bond acceptors (Lipinski definition) is 5. The number of aryl methyl sites for hydroxylation is 1. The molecule has 0 aliphatic carbocycles. The molecule has 8 heteroatoms. The van der Waals surface area contributed by atoms with Crippen LogP contribution in [0.3, 0.4) is 0 Å². The summed E-state index contributed by atoms with van der Waals surface area (Å²) in [4.78, 5) is 9.43. The van der Waals surface area contributed by atoms with Gasteiger partial charge in [0, 0.05) is 17.3 Å². The second kappa shape index (κ2) is 7.30. The second-order valence-corrected chi connectivity index (χ2v) is 8.03. The molecule has 1 aliphatic rings. The van der Waals surface area contributed by atoms with Crippen LogP contribution in [0, 0.1) is 12.7 Å². The lowest BCUT2D eigenvalue weighted by atomic mass is 10.0. The lowest BCUT2D eigenvalue weighted by Gasteiger charge is -2.23. The Bertz CT molecular complexity index is 1530. The number of guanidine groups is 1. The second-order valence-electron chi connectivity index (χ2n) is 8.03. The highest BCUT2D eigenvalue weighted by molar-refractivity contribution is 5.95. The molecule has 0 saturated carbocycles. The fraction of sp³-hybridized carbons (Fsp3) is 0.0800.